The van der Waals surface area contributed by atoms with Gasteiger partial charge in [0.05, 0.1) is 6.04 Å². The number of hydrogen-bond donors (Lipinski definition) is 3. The van der Waals surface area contributed by atoms with Crippen LogP contribution in [-0.4, -0.2) is 28.6 Å². The predicted molar refractivity (Wildman–Crippen MR) is 68.9 cm³/mol. The second kappa shape index (κ2) is 6.95. The highest BCUT2D eigenvalue weighted by atomic mass is 32.1. The summed E-state index contributed by atoms with van der Waals surface area (Å²) in [5.74, 6) is -1.06. The number of carbonyl (C=O) groups is 2. The Morgan fingerprint density at radius 2 is 2.28 bits per heavy atom. The summed E-state index contributed by atoms with van der Waals surface area (Å²) in [6.45, 7) is 4.45. The minimum absolute atomic E-state index is 0.00930. The van der Waals surface area contributed by atoms with Crippen molar-refractivity contribution in [3.8, 4) is 0 Å². The summed E-state index contributed by atoms with van der Waals surface area (Å²) in [5, 5.41) is 16.2. The molecule has 1 unspecified atom stereocenters. The van der Waals surface area contributed by atoms with Crippen LogP contribution >= 0.6 is 11.3 Å². The van der Waals surface area contributed by atoms with E-state index in [1.54, 1.807) is 6.92 Å². The second-order valence-corrected chi connectivity index (χ2v) is 4.74. The van der Waals surface area contributed by atoms with E-state index in [0.29, 0.717) is 11.6 Å². The number of unbranched alkanes of at least 4 members (excludes halogenated alkanes) is 1. The van der Waals surface area contributed by atoms with Crippen LogP contribution in [0.3, 0.4) is 0 Å². The van der Waals surface area contributed by atoms with E-state index < -0.39 is 5.97 Å². The molecule has 6 nitrogen and oxygen atoms in total. The molecule has 18 heavy (non-hydrogen) atoms. The number of carboxylic acids is 1. The molecule has 0 aliphatic carbocycles. The molecule has 1 heterocycles. The van der Waals surface area contributed by atoms with Crippen molar-refractivity contribution in [2.75, 3.05) is 6.54 Å². The first-order valence-electron chi connectivity index (χ1n) is 5.77. The number of rotatable bonds is 6. The molecular formula is C11H17N3O3S. The molecule has 0 aliphatic heterocycles. The van der Waals surface area contributed by atoms with Crippen molar-refractivity contribution in [1.29, 1.82) is 0 Å². The molecule has 100 valence electrons. The topological polar surface area (TPSA) is 91.3 Å². The number of thiazole rings is 1. The normalized spacial score (nSPS) is 11.9. The monoisotopic (exact) mass is 271 g/mol. The Kier molecular flexibility index (Phi) is 5.57. The Balaban J connectivity index is 2.46. The number of aromatic carboxylic acids is 1. The number of carbonyl (C=O) groups excluding carboxylic acids is 1. The fraction of sp³-hybridized carbons (Fsp3) is 0.545. The van der Waals surface area contributed by atoms with Crippen LogP contribution in [0.1, 0.15) is 48.2 Å². The zero-order valence-corrected chi connectivity index (χ0v) is 11.2. The molecule has 1 aromatic heterocycles. The second-order valence-electron chi connectivity index (χ2n) is 3.85. The van der Waals surface area contributed by atoms with Crippen molar-refractivity contribution in [2.24, 2.45) is 0 Å². The smallest absolute Gasteiger partial charge is 0.355 e. The third kappa shape index (κ3) is 4.33. The molecule has 1 aromatic rings. The van der Waals surface area contributed by atoms with Crippen molar-refractivity contribution in [3.05, 3.63) is 16.1 Å². The van der Waals surface area contributed by atoms with E-state index in [0.717, 1.165) is 12.8 Å². The highest BCUT2D eigenvalue weighted by Gasteiger charge is 2.15. The van der Waals surface area contributed by atoms with Crippen molar-refractivity contribution >= 4 is 23.3 Å². The summed E-state index contributed by atoms with van der Waals surface area (Å²) in [4.78, 5) is 26.1. The van der Waals surface area contributed by atoms with Gasteiger partial charge in [0.1, 0.15) is 5.01 Å². The molecule has 0 saturated heterocycles. The zero-order valence-electron chi connectivity index (χ0n) is 10.4. The average molecular weight is 271 g/mol. The summed E-state index contributed by atoms with van der Waals surface area (Å²) in [6, 6.07) is -0.562. The van der Waals surface area contributed by atoms with Crippen LogP contribution in [0.25, 0.3) is 0 Å². The first kappa shape index (κ1) is 14.4. The molecule has 0 bridgehead atoms. The van der Waals surface area contributed by atoms with E-state index in [-0.39, 0.29) is 17.8 Å². The van der Waals surface area contributed by atoms with E-state index in [1.165, 1.54) is 16.7 Å². The van der Waals surface area contributed by atoms with Crippen LogP contribution < -0.4 is 10.6 Å². The summed E-state index contributed by atoms with van der Waals surface area (Å²) in [7, 11) is 0. The van der Waals surface area contributed by atoms with Crippen LogP contribution in [0.4, 0.5) is 4.79 Å². The van der Waals surface area contributed by atoms with Gasteiger partial charge in [-0.1, -0.05) is 13.3 Å². The number of hydrogen-bond acceptors (Lipinski definition) is 4. The molecule has 7 heteroatoms. The van der Waals surface area contributed by atoms with E-state index in [9.17, 15) is 9.59 Å². The van der Waals surface area contributed by atoms with Gasteiger partial charge in [-0.05, 0) is 13.3 Å². The Labute approximate surface area is 109 Å². The van der Waals surface area contributed by atoms with Gasteiger partial charge in [-0.15, -0.1) is 11.3 Å². The molecule has 1 rings (SSSR count). The Morgan fingerprint density at radius 3 is 2.83 bits per heavy atom. The van der Waals surface area contributed by atoms with Crippen molar-refractivity contribution < 1.29 is 14.7 Å². The van der Waals surface area contributed by atoms with E-state index in [1.807, 2.05) is 6.92 Å². The first-order chi connectivity index (χ1) is 8.54. The number of carboxylic acid groups (broad SMARTS) is 1. The number of amides is 2. The number of aromatic nitrogens is 1. The van der Waals surface area contributed by atoms with Gasteiger partial charge in [0, 0.05) is 11.9 Å². The quantitative estimate of drug-likeness (QED) is 0.690. The lowest BCUT2D eigenvalue weighted by molar-refractivity contribution is 0.0691. The predicted octanol–water partition coefficient (Wildman–Crippen LogP) is 2.00. The molecule has 0 spiro atoms. The third-order valence-corrected chi connectivity index (χ3v) is 3.30. The minimum atomic E-state index is -1.06. The van der Waals surface area contributed by atoms with Gasteiger partial charge < -0.3 is 15.7 Å². The Morgan fingerprint density at radius 1 is 1.56 bits per heavy atom. The van der Waals surface area contributed by atoms with Crippen LogP contribution in [-0.2, 0) is 0 Å². The van der Waals surface area contributed by atoms with Crippen molar-refractivity contribution in [3.63, 3.8) is 0 Å². The van der Waals surface area contributed by atoms with E-state index in [4.69, 9.17) is 5.11 Å². The van der Waals surface area contributed by atoms with Crippen LogP contribution in [0.2, 0.25) is 0 Å². The lowest BCUT2D eigenvalue weighted by Gasteiger charge is -2.11. The van der Waals surface area contributed by atoms with E-state index >= 15 is 0 Å². The summed E-state index contributed by atoms with van der Waals surface area (Å²) >= 11 is 1.22. The van der Waals surface area contributed by atoms with Crippen LogP contribution in [0.5, 0.6) is 0 Å². The molecule has 0 aliphatic rings. The van der Waals surface area contributed by atoms with Gasteiger partial charge in [0.25, 0.3) is 0 Å². The Hall–Kier alpha value is -1.63. The molecule has 3 N–H and O–H groups in total. The number of urea groups is 1. The van der Waals surface area contributed by atoms with Crippen LogP contribution in [0, 0.1) is 0 Å². The van der Waals surface area contributed by atoms with Gasteiger partial charge in [-0.2, -0.15) is 0 Å². The van der Waals surface area contributed by atoms with Gasteiger partial charge in [0.15, 0.2) is 5.69 Å². The maximum Gasteiger partial charge on any atom is 0.355 e. The highest BCUT2D eigenvalue weighted by Crippen LogP contribution is 2.17. The molecule has 2 amide bonds. The first-order valence-corrected chi connectivity index (χ1v) is 6.65. The lowest BCUT2D eigenvalue weighted by Crippen LogP contribution is -2.37. The largest absolute Gasteiger partial charge is 0.476 e. The van der Waals surface area contributed by atoms with Crippen LogP contribution in [0.15, 0.2) is 5.38 Å². The van der Waals surface area contributed by atoms with Gasteiger partial charge in [0.2, 0.25) is 0 Å². The molecule has 1 atom stereocenters. The maximum atomic E-state index is 11.5. The summed E-state index contributed by atoms with van der Waals surface area (Å²) in [6.07, 6.45) is 1.95. The highest BCUT2D eigenvalue weighted by molar-refractivity contribution is 7.09. The standard InChI is InChI=1S/C11H17N3O3S/c1-3-4-5-12-11(17)13-7(2)9-14-8(6-18-9)10(15)16/h6-7H,3-5H2,1-2H3,(H,15,16)(H2,12,13,17). The fourth-order valence-electron chi connectivity index (χ4n) is 1.27. The van der Waals surface area contributed by atoms with Crippen molar-refractivity contribution in [2.45, 2.75) is 32.7 Å². The van der Waals surface area contributed by atoms with E-state index in [2.05, 4.69) is 15.6 Å². The maximum absolute atomic E-state index is 11.5. The SMILES string of the molecule is CCCCNC(=O)NC(C)c1nc(C(=O)O)cs1. The molecule has 0 fully saturated rings. The van der Waals surface area contributed by atoms with Crippen molar-refractivity contribution in [1.82, 2.24) is 15.6 Å². The summed E-state index contributed by atoms with van der Waals surface area (Å²) in [5.41, 5.74) is 0.00930. The van der Waals surface area contributed by atoms with Gasteiger partial charge in [-0.25, -0.2) is 14.6 Å². The van der Waals surface area contributed by atoms with Gasteiger partial charge >= 0.3 is 12.0 Å². The summed E-state index contributed by atoms with van der Waals surface area (Å²) < 4.78 is 0. The Bertz CT molecular complexity index is 419. The molecule has 0 radical (unpaired) electrons. The molecule has 0 saturated carbocycles. The number of nitrogens with one attached hydrogen (secondary N) is 2. The molecular weight excluding hydrogens is 254 g/mol. The average Bonchev–Trinajstić information content (AvgIpc) is 2.78. The third-order valence-electron chi connectivity index (χ3n) is 2.27. The zero-order chi connectivity index (χ0) is 13.5. The molecule has 0 aromatic carbocycles. The fourth-order valence-corrected chi connectivity index (χ4v) is 2.07. The minimum Gasteiger partial charge on any atom is -0.476 e. The van der Waals surface area contributed by atoms with Gasteiger partial charge in [-0.3, -0.25) is 0 Å². The number of nitrogens with zero attached hydrogens (tertiary/aromatic N) is 1. The lowest BCUT2D eigenvalue weighted by atomic mass is 10.3.